The highest BCUT2D eigenvalue weighted by atomic mass is 32.2. The number of hydrogen-bond donors (Lipinski definition) is 2. The second-order valence-corrected chi connectivity index (χ2v) is 11.5. The number of amides is 1. The SMILES string of the molecule is Cc1ccc(S(=O)(=O)Nc2ccc(C(=O)NC3CCCN(S(C)(=O)=O)C3)cc2)cc1C. The minimum atomic E-state index is -3.74. The Kier molecular flexibility index (Phi) is 6.73. The first-order valence-corrected chi connectivity index (χ1v) is 13.2. The van der Waals surface area contributed by atoms with E-state index in [4.69, 9.17) is 0 Å². The number of nitrogens with one attached hydrogen (secondary N) is 2. The summed E-state index contributed by atoms with van der Waals surface area (Å²) in [7, 11) is -7.03. The molecule has 0 spiro atoms. The van der Waals surface area contributed by atoms with E-state index in [1.54, 1.807) is 18.2 Å². The molecule has 1 atom stereocenters. The van der Waals surface area contributed by atoms with Crippen LogP contribution in [-0.2, 0) is 20.0 Å². The van der Waals surface area contributed by atoms with Crippen LogP contribution < -0.4 is 10.0 Å². The number of piperidine rings is 1. The molecule has 1 aliphatic rings. The molecule has 2 aromatic rings. The van der Waals surface area contributed by atoms with E-state index in [-0.39, 0.29) is 23.4 Å². The maximum atomic E-state index is 12.6. The Morgan fingerprint density at radius 3 is 2.29 bits per heavy atom. The van der Waals surface area contributed by atoms with Crippen molar-refractivity contribution in [2.75, 3.05) is 24.1 Å². The molecule has 2 N–H and O–H groups in total. The summed E-state index contributed by atoms with van der Waals surface area (Å²) in [4.78, 5) is 12.7. The average molecular weight is 466 g/mol. The van der Waals surface area contributed by atoms with Crippen molar-refractivity contribution in [1.29, 1.82) is 0 Å². The van der Waals surface area contributed by atoms with E-state index in [1.807, 2.05) is 13.8 Å². The molecule has 3 rings (SSSR count). The number of anilines is 1. The molecule has 0 bridgehead atoms. The molecule has 2 aromatic carbocycles. The van der Waals surface area contributed by atoms with E-state index in [9.17, 15) is 21.6 Å². The molecule has 1 fully saturated rings. The van der Waals surface area contributed by atoms with Crippen LogP contribution in [0.1, 0.15) is 34.3 Å². The van der Waals surface area contributed by atoms with Gasteiger partial charge in [0.2, 0.25) is 10.0 Å². The van der Waals surface area contributed by atoms with Crippen LogP contribution in [0.25, 0.3) is 0 Å². The van der Waals surface area contributed by atoms with Crippen molar-refractivity contribution in [3.63, 3.8) is 0 Å². The van der Waals surface area contributed by atoms with Crippen LogP contribution in [0.2, 0.25) is 0 Å². The Balaban J connectivity index is 1.65. The van der Waals surface area contributed by atoms with Gasteiger partial charge in [0, 0.05) is 30.4 Å². The van der Waals surface area contributed by atoms with Crippen molar-refractivity contribution in [1.82, 2.24) is 9.62 Å². The van der Waals surface area contributed by atoms with Gasteiger partial charge in [-0.15, -0.1) is 0 Å². The summed E-state index contributed by atoms with van der Waals surface area (Å²) in [6, 6.07) is 10.8. The van der Waals surface area contributed by atoms with Crippen molar-refractivity contribution in [3.8, 4) is 0 Å². The molecular weight excluding hydrogens is 438 g/mol. The third-order valence-electron chi connectivity index (χ3n) is 5.38. The molecule has 1 heterocycles. The van der Waals surface area contributed by atoms with Gasteiger partial charge in [-0.05, 0) is 74.2 Å². The van der Waals surface area contributed by atoms with Gasteiger partial charge >= 0.3 is 0 Å². The molecule has 8 nitrogen and oxygen atoms in total. The van der Waals surface area contributed by atoms with E-state index in [0.717, 1.165) is 17.4 Å². The van der Waals surface area contributed by atoms with Crippen LogP contribution in [0.3, 0.4) is 0 Å². The fourth-order valence-corrected chi connectivity index (χ4v) is 5.47. The third kappa shape index (κ3) is 5.84. The predicted molar refractivity (Wildman–Crippen MR) is 120 cm³/mol. The highest BCUT2D eigenvalue weighted by molar-refractivity contribution is 7.92. The van der Waals surface area contributed by atoms with Crippen LogP contribution in [0.4, 0.5) is 5.69 Å². The molecule has 1 aliphatic heterocycles. The largest absolute Gasteiger partial charge is 0.348 e. The van der Waals surface area contributed by atoms with E-state index in [2.05, 4.69) is 10.0 Å². The maximum absolute atomic E-state index is 12.6. The summed E-state index contributed by atoms with van der Waals surface area (Å²) in [5.74, 6) is -0.330. The fourth-order valence-electron chi connectivity index (χ4n) is 3.41. The van der Waals surface area contributed by atoms with Crippen molar-refractivity contribution in [2.24, 2.45) is 0 Å². The summed E-state index contributed by atoms with van der Waals surface area (Å²) in [6.07, 6.45) is 2.54. The lowest BCUT2D eigenvalue weighted by Gasteiger charge is -2.31. The topological polar surface area (TPSA) is 113 Å². The fraction of sp³-hybridized carbons (Fsp3) is 0.381. The average Bonchev–Trinajstić information content (AvgIpc) is 2.69. The number of carbonyl (C=O) groups excluding carboxylic acids is 1. The van der Waals surface area contributed by atoms with Gasteiger partial charge in [-0.25, -0.2) is 21.1 Å². The Bertz CT molecular complexity index is 1180. The lowest BCUT2D eigenvalue weighted by Crippen LogP contribution is -2.49. The summed E-state index contributed by atoms with van der Waals surface area (Å²) >= 11 is 0. The van der Waals surface area contributed by atoms with Crippen molar-refractivity contribution in [3.05, 3.63) is 59.2 Å². The van der Waals surface area contributed by atoms with Gasteiger partial charge in [-0.1, -0.05) is 6.07 Å². The zero-order valence-electron chi connectivity index (χ0n) is 17.8. The molecule has 10 heteroatoms. The minimum Gasteiger partial charge on any atom is -0.348 e. The number of aryl methyl sites for hydroxylation is 2. The van der Waals surface area contributed by atoms with Gasteiger partial charge in [0.05, 0.1) is 11.2 Å². The van der Waals surface area contributed by atoms with E-state index in [1.165, 1.54) is 28.6 Å². The summed E-state index contributed by atoms with van der Waals surface area (Å²) in [5, 5.41) is 2.86. The normalized spacial score (nSPS) is 17.8. The Hall–Kier alpha value is -2.43. The minimum absolute atomic E-state index is 0.171. The monoisotopic (exact) mass is 465 g/mol. The summed E-state index contributed by atoms with van der Waals surface area (Å²) in [6.45, 7) is 4.47. The van der Waals surface area contributed by atoms with Gasteiger partial charge in [-0.2, -0.15) is 0 Å². The zero-order valence-corrected chi connectivity index (χ0v) is 19.4. The predicted octanol–water partition coefficient (Wildman–Crippen LogP) is 2.26. The first-order valence-electron chi connectivity index (χ1n) is 9.92. The molecule has 0 saturated carbocycles. The molecule has 0 aliphatic carbocycles. The maximum Gasteiger partial charge on any atom is 0.261 e. The van der Waals surface area contributed by atoms with Crippen LogP contribution in [-0.4, -0.2) is 52.4 Å². The molecule has 1 unspecified atom stereocenters. The second-order valence-electron chi connectivity index (χ2n) is 7.86. The second kappa shape index (κ2) is 8.97. The number of nitrogens with zero attached hydrogens (tertiary/aromatic N) is 1. The van der Waals surface area contributed by atoms with Crippen molar-refractivity contribution in [2.45, 2.75) is 37.6 Å². The smallest absolute Gasteiger partial charge is 0.261 e. The first kappa shape index (κ1) is 23.2. The van der Waals surface area contributed by atoms with Gasteiger partial charge in [-0.3, -0.25) is 9.52 Å². The number of rotatable bonds is 6. The molecule has 1 saturated heterocycles. The van der Waals surface area contributed by atoms with Crippen LogP contribution in [0, 0.1) is 13.8 Å². The van der Waals surface area contributed by atoms with Gasteiger partial charge in [0.1, 0.15) is 0 Å². The van der Waals surface area contributed by atoms with Crippen molar-refractivity contribution < 1.29 is 21.6 Å². The van der Waals surface area contributed by atoms with Crippen LogP contribution in [0.15, 0.2) is 47.4 Å². The van der Waals surface area contributed by atoms with Gasteiger partial charge < -0.3 is 5.32 Å². The molecular formula is C21H27N3O5S2. The zero-order chi connectivity index (χ0) is 22.8. The summed E-state index contributed by atoms with van der Waals surface area (Å²) < 4.78 is 52.6. The van der Waals surface area contributed by atoms with E-state index in [0.29, 0.717) is 30.6 Å². The molecule has 0 radical (unpaired) electrons. The highest BCUT2D eigenvalue weighted by Crippen LogP contribution is 2.20. The number of sulfonamides is 2. The third-order valence-corrected chi connectivity index (χ3v) is 8.02. The number of hydrogen-bond acceptors (Lipinski definition) is 5. The molecule has 0 aromatic heterocycles. The Labute approximate surface area is 183 Å². The van der Waals surface area contributed by atoms with Crippen molar-refractivity contribution >= 4 is 31.6 Å². The molecule has 31 heavy (non-hydrogen) atoms. The Morgan fingerprint density at radius 1 is 1.00 bits per heavy atom. The number of carbonyl (C=O) groups is 1. The molecule has 168 valence electrons. The lowest BCUT2D eigenvalue weighted by atomic mass is 10.1. The van der Waals surface area contributed by atoms with E-state index < -0.39 is 20.0 Å². The quantitative estimate of drug-likeness (QED) is 0.680. The lowest BCUT2D eigenvalue weighted by molar-refractivity contribution is 0.0921. The van der Waals surface area contributed by atoms with Crippen LogP contribution >= 0.6 is 0 Å². The van der Waals surface area contributed by atoms with Gasteiger partial charge in [0.25, 0.3) is 15.9 Å². The Morgan fingerprint density at radius 2 is 1.68 bits per heavy atom. The first-order chi connectivity index (χ1) is 14.5. The van der Waals surface area contributed by atoms with Crippen LogP contribution in [0.5, 0.6) is 0 Å². The van der Waals surface area contributed by atoms with E-state index >= 15 is 0 Å². The standard InChI is InChI=1S/C21H27N3O5S2/c1-15-6-11-20(13-16(15)2)31(28,29)23-18-9-7-17(8-10-18)21(25)22-19-5-4-12-24(14-19)30(3,26)27/h6-11,13,19,23H,4-5,12,14H2,1-3H3,(H,22,25). The van der Waals surface area contributed by atoms with Gasteiger partial charge in [0.15, 0.2) is 0 Å². The summed E-state index contributed by atoms with van der Waals surface area (Å²) in [5.41, 5.74) is 2.60. The molecule has 1 amide bonds. The highest BCUT2D eigenvalue weighted by Gasteiger charge is 2.27. The number of benzene rings is 2.